The number of benzene rings is 2. The van der Waals surface area contributed by atoms with Crippen LogP contribution in [-0.2, 0) is 6.61 Å². The maximum atomic E-state index is 5.94. The standard InChI is InChI=1S/C15H12ClN3O2/c16-10-6-7-13(17)12(8-10)15-18-14(19-21-15)9-20-11-4-2-1-3-5-11/h1-8H,9,17H2. The van der Waals surface area contributed by atoms with Crippen LogP contribution in [0.15, 0.2) is 53.1 Å². The van der Waals surface area contributed by atoms with Crippen molar-refractivity contribution in [3.8, 4) is 17.2 Å². The molecule has 0 bridgehead atoms. The van der Waals surface area contributed by atoms with Gasteiger partial charge < -0.3 is 15.0 Å². The van der Waals surface area contributed by atoms with E-state index in [4.69, 9.17) is 26.6 Å². The summed E-state index contributed by atoms with van der Waals surface area (Å²) in [5.74, 6) is 1.50. The Kier molecular flexibility index (Phi) is 3.75. The molecule has 0 aliphatic rings. The number of nitrogen functional groups attached to an aromatic ring is 1. The van der Waals surface area contributed by atoms with Gasteiger partial charge in [-0.1, -0.05) is 35.0 Å². The Labute approximate surface area is 126 Å². The Morgan fingerprint density at radius 3 is 2.76 bits per heavy atom. The summed E-state index contributed by atoms with van der Waals surface area (Å²) in [7, 11) is 0. The lowest BCUT2D eigenvalue weighted by atomic mass is 10.2. The van der Waals surface area contributed by atoms with Crippen LogP contribution in [-0.4, -0.2) is 10.1 Å². The summed E-state index contributed by atoms with van der Waals surface area (Å²) in [6.45, 7) is 0.216. The lowest BCUT2D eigenvalue weighted by molar-refractivity contribution is 0.287. The van der Waals surface area contributed by atoms with Crippen molar-refractivity contribution in [3.63, 3.8) is 0 Å². The number of para-hydroxylation sites is 1. The highest BCUT2D eigenvalue weighted by Crippen LogP contribution is 2.27. The second-order valence-corrected chi connectivity index (χ2v) is 4.79. The molecule has 0 saturated carbocycles. The summed E-state index contributed by atoms with van der Waals surface area (Å²) < 4.78 is 10.7. The predicted molar refractivity (Wildman–Crippen MR) is 79.9 cm³/mol. The van der Waals surface area contributed by atoms with Crippen molar-refractivity contribution >= 4 is 17.3 Å². The predicted octanol–water partition coefficient (Wildman–Crippen LogP) is 3.55. The molecule has 21 heavy (non-hydrogen) atoms. The van der Waals surface area contributed by atoms with Gasteiger partial charge in [-0.2, -0.15) is 4.98 Å². The van der Waals surface area contributed by atoms with E-state index in [-0.39, 0.29) is 6.61 Å². The molecule has 6 heteroatoms. The number of halogens is 1. The van der Waals surface area contributed by atoms with E-state index in [9.17, 15) is 0 Å². The van der Waals surface area contributed by atoms with Crippen molar-refractivity contribution in [1.82, 2.24) is 10.1 Å². The van der Waals surface area contributed by atoms with Gasteiger partial charge in [0.2, 0.25) is 5.82 Å². The normalized spacial score (nSPS) is 10.5. The largest absolute Gasteiger partial charge is 0.485 e. The Morgan fingerprint density at radius 1 is 1.14 bits per heavy atom. The van der Waals surface area contributed by atoms with E-state index in [0.29, 0.717) is 28.0 Å². The topological polar surface area (TPSA) is 74.2 Å². The highest BCUT2D eigenvalue weighted by atomic mass is 35.5. The maximum absolute atomic E-state index is 5.94. The SMILES string of the molecule is Nc1ccc(Cl)cc1-c1nc(COc2ccccc2)no1. The smallest absolute Gasteiger partial charge is 0.260 e. The van der Waals surface area contributed by atoms with E-state index in [2.05, 4.69) is 10.1 Å². The molecule has 0 radical (unpaired) electrons. The highest BCUT2D eigenvalue weighted by Gasteiger charge is 2.12. The molecule has 0 saturated heterocycles. The zero-order valence-electron chi connectivity index (χ0n) is 11.0. The maximum Gasteiger partial charge on any atom is 0.260 e. The van der Waals surface area contributed by atoms with Gasteiger partial charge in [-0.25, -0.2) is 0 Å². The molecule has 5 nitrogen and oxygen atoms in total. The van der Waals surface area contributed by atoms with Gasteiger partial charge in [0.15, 0.2) is 6.61 Å². The Morgan fingerprint density at radius 2 is 1.95 bits per heavy atom. The Balaban J connectivity index is 1.76. The molecular weight excluding hydrogens is 290 g/mol. The van der Waals surface area contributed by atoms with Gasteiger partial charge in [0.1, 0.15) is 5.75 Å². The first-order chi connectivity index (χ1) is 10.2. The highest BCUT2D eigenvalue weighted by molar-refractivity contribution is 6.31. The van der Waals surface area contributed by atoms with Crippen LogP contribution >= 0.6 is 11.6 Å². The number of nitrogens with zero attached hydrogens (tertiary/aromatic N) is 2. The molecule has 0 aliphatic heterocycles. The molecule has 0 fully saturated rings. The van der Waals surface area contributed by atoms with E-state index >= 15 is 0 Å². The lowest BCUT2D eigenvalue weighted by Gasteiger charge is -2.01. The van der Waals surface area contributed by atoms with Crippen LogP contribution < -0.4 is 10.5 Å². The minimum absolute atomic E-state index is 0.216. The van der Waals surface area contributed by atoms with Gasteiger partial charge in [-0.15, -0.1) is 0 Å². The number of ether oxygens (including phenoxy) is 1. The zero-order chi connectivity index (χ0) is 14.7. The molecule has 2 aromatic carbocycles. The molecule has 1 heterocycles. The van der Waals surface area contributed by atoms with Crippen LogP contribution in [0.2, 0.25) is 5.02 Å². The van der Waals surface area contributed by atoms with E-state index in [1.165, 1.54) is 0 Å². The van der Waals surface area contributed by atoms with E-state index < -0.39 is 0 Å². The second-order valence-electron chi connectivity index (χ2n) is 4.35. The monoisotopic (exact) mass is 301 g/mol. The fraction of sp³-hybridized carbons (Fsp3) is 0.0667. The summed E-state index contributed by atoms with van der Waals surface area (Å²) in [4.78, 5) is 4.26. The van der Waals surface area contributed by atoms with Crippen LogP contribution in [0.1, 0.15) is 5.82 Å². The Bertz CT molecular complexity index is 744. The van der Waals surface area contributed by atoms with Crippen LogP contribution in [0, 0.1) is 0 Å². The second kappa shape index (κ2) is 5.85. The summed E-state index contributed by atoms with van der Waals surface area (Å²) in [6.07, 6.45) is 0. The van der Waals surface area contributed by atoms with Crippen molar-refractivity contribution in [2.24, 2.45) is 0 Å². The fourth-order valence-corrected chi connectivity index (χ4v) is 1.97. The van der Waals surface area contributed by atoms with Gasteiger partial charge in [0.05, 0.1) is 5.56 Å². The molecule has 0 unspecified atom stereocenters. The Hall–Kier alpha value is -2.53. The van der Waals surface area contributed by atoms with Gasteiger partial charge in [-0.05, 0) is 30.3 Å². The molecule has 0 aliphatic carbocycles. The minimum Gasteiger partial charge on any atom is -0.485 e. The molecule has 0 atom stereocenters. The molecule has 0 amide bonds. The zero-order valence-corrected chi connectivity index (χ0v) is 11.7. The minimum atomic E-state index is 0.216. The van der Waals surface area contributed by atoms with Crippen LogP contribution in [0.5, 0.6) is 5.75 Å². The lowest BCUT2D eigenvalue weighted by Crippen LogP contribution is -1.97. The third-order valence-electron chi connectivity index (χ3n) is 2.82. The summed E-state index contributed by atoms with van der Waals surface area (Å²) in [6, 6.07) is 14.5. The average molecular weight is 302 g/mol. The van der Waals surface area contributed by atoms with Crippen LogP contribution in [0.25, 0.3) is 11.5 Å². The molecule has 3 aromatic rings. The first-order valence-electron chi connectivity index (χ1n) is 6.28. The first-order valence-corrected chi connectivity index (χ1v) is 6.66. The molecule has 2 N–H and O–H groups in total. The summed E-state index contributed by atoms with van der Waals surface area (Å²) in [5, 5.41) is 4.42. The number of aromatic nitrogens is 2. The summed E-state index contributed by atoms with van der Waals surface area (Å²) in [5.41, 5.74) is 7.02. The fourth-order valence-electron chi connectivity index (χ4n) is 1.80. The average Bonchev–Trinajstić information content (AvgIpc) is 2.97. The molecule has 3 rings (SSSR count). The molecule has 106 valence electrons. The van der Waals surface area contributed by atoms with Gasteiger partial charge in [0.25, 0.3) is 5.89 Å². The van der Waals surface area contributed by atoms with Crippen molar-refractivity contribution in [2.75, 3.05) is 5.73 Å². The number of hydrogen-bond acceptors (Lipinski definition) is 5. The number of nitrogens with two attached hydrogens (primary N) is 1. The number of hydrogen-bond donors (Lipinski definition) is 1. The molecule has 0 spiro atoms. The molecular formula is C15H12ClN3O2. The number of rotatable bonds is 4. The number of anilines is 1. The van der Waals surface area contributed by atoms with Gasteiger partial charge in [0, 0.05) is 10.7 Å². The summed E-state index contributed by atoms with van der Waals surface area (Å²) >= 11 is 5.94. The van der Waals surface area contributed by atoms with Crippen molar-refractivity contribution < 1.29 is 9.26 Å². The van der Waals surface area contributed by atoms with E-state index in [0.717, 1.165) is 5.75 Å². The molecule has 1 aromatic heterocycles. The quantitative estimate of drug-likeness (QED) is 0.746. The van der Waals surface area contributed by atoms with Crippen LogP contribution in [0.3, 0.4) is 0 Å². The van der Waals surface area contributed by atoms with Crippen molar-refractivity contribution in [2.45, 2.75) is 6.61 Å². The van der Waals surface area contributed by atoms with E-state index in [1.54, 1.807) is 18.2 Å². The van der Waals surface area contributed by atoms with Crippen LogP contribution in [0.4, 0.5) is 5.69 Å². The third kappa shape index (κ3) is 3.14. The van der Waals surface area contributed by atoms with Crippen molar-refractivity contribution in [1.29, 1.82) is 0 Å². The first kappa shape index (κ1) is 13.5. The van der Waals surface area contributed by atoms with Crippen molar-refractivity contribution in [3.05, 3.63) is 59.4 Å². The third-order valence-corrected chi connectivity index (χ3v) is 3.06. The van der Waals surface area contributed by atoms with Gasteiger partial charge >= 0.3 is 0 Å². The van der Waals surface area contributed by atoms with E-state index in [1.807, 2.05) is 30.3 Å². The van der Waals surface area contributed by atoms with Gasteiger partial charge in [-0.3, -0.25) is 0 Å².